The minimum absolute atomic E-state index is 0.204. The Labute approximate surface area is 160 Å². The van der Waals surface area contributed by atoms with Gasteiger partial charge in [-0.3, -0.25) is 0 Å². The molecule has 0 radical (unpaired) electrons. The number of aromatic amines is 1. The maximum absolute atomic E-state index is 3.92. The smallest absolute Gasteiger partial charge is 0.179 e. The summed E-state index contributed by atoms with van der Waals surface area (Å²) in [6, 6.07) is 14.7. The second kappa shape index (κ2) is 6.35. The first-order valence-electron chi connectivity index (χ1n) is 9.36. The van der Waals surface area contributed by atoms with Crippen LogP contribution in [0.1, 0.15) is 62.8 Å². The van der Waals surface area contributed by atoms with Gasteiger partial charge in [-0.25, -0.2) is 5.10 Å². The summed E-state index contributed by atoms with van der Waals surface area (Å²) in [4.78, 5) is 0. The number of hydrogen-bond acceptors (Lipinski definition) is 3. The quantitative estimate of drug-likeness (QED) is 0.648. The fraction of sp³-hybridized carbons (Fsp3) is 0.348. The van der Waals surface area contributed by atoms with E-state index >= 15 is 0 Å². The summed E-state index contributed by atoms with van der Waals surface area (Å²) >= 11 is 0. The summed E-state index contributed by atoms with van der Waals surface area (Å²) in [6.45, 7) is 9.38. The maximum Gasteiger partial charge on any atom is 0.179 e. The predicted octanol–water partition coefficient (Wildman–Crippen LogP) is 4.62. The maximum atomic E-state index is 3.92. The monoisotopic (exact) mass is 356 g/mol. The zero-order chi connectivity index (χ0) is 19.1. The number of tetrazole rings is 1. The summed E-state index contributed by atoms with van der Waals surface area (Å²) < 4.78 is 0. The third kappa shape index (κ3) is 3.38. The highest BCUT2D eigenvalue weighted by Gasteiger charge is 2.36. The van der Waals surface area contributed by atoms with Crippen LogP contribution in [0.2, 0.25) is 0 Å². The van der Waals surface area contributed by atoms with Crippen LogP contribution in [0.5, 0.6) is 0 Å². The van der Waals surface area contributed by atoms with Crippen LogP contribution in [-0.4, -0.2) is 20.6 Å². The number of hydrogen-bond donors (Lipinski definition) is 1. The van der Waals surface area contributed by atoms with E-state index in [1.165, 1.54) is 24.0 Å². The van der Waals surface area contributed by atoms with E-state index in [9.17, 15) is 0 Å². The molecule has 1 aromatic heterocycles. The first-order chi connectivity index (χ1) is 12.9. The van der Waals surface area contributed by atoms with Crippen LogP contribution in [-0.2, 0) is 10.8 Å². The predicted molar refractivity (Wildman–Crippen MR) is 107 cm³/mol. The molecule has 4 heteroatoms. The van der Waals surface area contributed by atoms with Gasteiger partial charge in [0.1, 0.15) is 0 Å². The summed E-state index contributed by atoms with van der Waals surface area (Å²) in [5, 5.41) is 13.9. The van der Waals surface area contributed by atoms with Crippen molar-refractivity contribution in [1.29, 1.82) is 0 Å². The molecule has 0 saturated heterocycles. The Morgan fingerprint density at radius 1 is 0.815 bits per heavy atom. The summed E-state index contributed by atoms with van der Waals surface area (Å²) in [5.74, 6) is 7.27. The number of H-pyrrole nitrogens is 1. The minimum Gasteiger partial charge on any atom is -0.239 e. The van der Waals surface area contributed by atoms with Crippen LogP contribution in [0, 0.1) is 11.8 Å². The van der Waals surface area contributed by atoms with E-state index in [0.29, 0.717) is 5.82 Å². The van der Waals surface area contributed by atoms with Gasteiger partial charge in [-0.1, -0.05) is 45.6 Å². The van der Waals surface area contributed by atoms with Gasteiger partial charge in [-0.15, -0.1) is 5.10 Å². The van der Waals surface area contributed by atoms with Crippen molar-refractivity contribution in [2.75, 3.05) is 0 Å². The third-order valence-electron chi connectivity index (χ3n) is 5.71. The lowest BCUT2D eigenvalue weighted by Crippen LogP contribution is -2.33. The Morgan fingerprint density at radius 2 is 1.44 bits per heavy atom. The van der Waals surface area contributed by atoms with Crippen molar-refractivity contribution in [1.82, 2.24) is 20.6 Å². The van der Waals surface area contributed by atoms with Gasteiger partial charge in [0.2, 0.25) is 0 Å². The number of aromatic nitrogens is 4. The number of rotatable bonds is 1. The number of nitrogens with zero attached hydrogens (tertiary/aromatic N) is 3. The van der Waals surface area contributed by atoms with E-state index in [0.717, 1.165) is 16.7 Å². The zero-order valence-electron chi connectivity index (χ0n) is 16.3. The van der Waals surface area contributed by atoms with Gasteiger partial charge in [0, 0.05) is 16.7 Å². The molecule has 0 amide bonds. The molecular weight excluding hydrogens is 332 g/mol. The number of benzene rings is 2. The number of nitrogens with one attached hydrogen (secondary N) is 1. The van der Waals surface area contributed by atoms with Crippen molar-refractivity contribution in [3.8, 4) is 23.2 Å². The molecule has 0 atom stereocenters. The molecule has 0 aliphatic heterocycles. The van der Waals surface area contributed by atoms with Crippen LogP contribution < -0.4 is 0 Å². The third-order valence-corrected chi connectivity index (χ3v) is 5.71. The first-order valence-corrected chi connectivity index (χ1v) is 9.36. The van der Waals surface area contributed by atoms with Crippen molar-refractivity contribution >= 4 is 0 Å². The standard InChI is InChI=1S/C23H24N4/c1-22(2)13-14-23(3,4)20-15-17(9-12-19(20)22)6-5-16-7-10-18(11-8-16)21-24-26-27-25-21/h7-12,15H,13-14H2,1-4H3,(H,24,25,26,27). The summed E-state index contributed by atoms with van der Waals surface area (Å²) in [7, 11) is 0. The van der Waals surface area contributed by atoms with Crippen LogP contribution >= 0.6 is 0 Å². The average Bonchev–Trinajstić information content (AvgIpc) is 3.19. The van der Waals surface area contributed by atoms with Crippen molar-refractivity contribution < 1.29 is 0 Å². The van der Waals surface area contributed by atoms with Gasteiger partial charge in [-0.2, -0.15) is 0 Å². The Kier molecular flexibility index (Phi) is 4.11. The average molecular weight is 356 g/mol. The van der Waals surface area contributed by atoms with Gasteiger partial charge >= 0.3 is 0 Å². The van der Waals surface area contributed by atoms with Crippen molar-refractivity contribution in [3.63, 3.8) is 0 Å². The molecule has 136 valence electrons. The van der Waals surface area contributed by atoms with Gasteiger partial charge in [-0.05, 0) is 81.6 Å². The van der Waals surface area contributed by atoms with Crippen molar-refractivity contribution in [2.45, 2.75) is 51.4 Å². The summed E-state index contributed by atoms with van der Waals surface area (Å²) in [6.07, 6.45) is 2.44. The second-order valence-corrected chi connectivity index (χ2v) is 8.61. The molecule has 4 rings (SSSR count). The van der Waals surface area contributed by atoms with Crippen molar-refractivity contribution in [2.24, 2.45) is 0 Å². The molecule has 0 bridgehead atoms. The minimum atomic E-state index is 0.204. The SMILES string of the molecule is CC1(C)CCC(C)(C)c2cc(C#Cc3ccc(-c4nnn[nH]4)cc3)ccc21. The first kappa shape index (κ1) is 17.5. The van der Waals surface area contributed by atoms with Gasteiger partial charge in [0.15, 0.2) is 5.82 Å². The second-order valence-electron chi connectivity index (χ2n) is 8.61. The topological polar surface area (TPSA) is 54.5 Å². The molecule has 0 saturated carbocycles. The van der Waals surface area contributed by atoms with E-state index in [-0.39, 0.29) is 10.8 Å². The van der Waals surface area contributed by atoms with Crippen LogP contribution in [0.4, 0.5) is 0 Å². The lowest BCUT2D eigenvalue weighted by Gasteiger charge is -2.41. The molecule has 1 aliphatic carbocycles. The Morgan fingerprint density at radius 3 is 2.11 bits per heavy atom. The zero-order valence-corrected chi connectivity index (χ0v) is 16.3. The molecule has 3 aromatic rings. The van der Waals surface area contributed by atoms with Crippen LogP contribution in [0.25, 0.3) is 11.4 Å². The Balaban J connectivity index is 1.63. The van der Waals surface area contributed by atoms with Crippen LogP contribution in [0.15, 0.2) is 42.5 Å². The van der Waals surface area contributed by atoms with E-state index in [4.69, 9.17) is 0 Å². The molecule has 0 fully saturated rings. The van der Waals surface area contributed by atoms with Gasteiger partial charge in [0.05, 0.1) is 0 Å². The van der Waals surface area contributed by atoms with E-state index in [1.54, 1.807) is 0 Å². The van der Waals surface area contributed by atoms with E-state index in [1.807, 2.05) is 24.3 Å². The van der Waals surface area contributed by atoms with Gasteiger partial charge in [0.25, 0.3) is 0 Å². The van der Waals surface area contributed by atoms with Crippen molar-refractivity contribution in [3.05, 3.63) is 64.7 Å². The highest BCUT2D eigenvalue weighted by atomic mass is 15.5. The molecule has 27 heavy (non-hydrogen) atoms. The normalized spacial score (nSPS) is 16.9. The fourth-order valence-electron chi connectivity index (χ4n) is 3.80. The lowest BCUT2D eigenvalue weighted by atomic mass is 9.63. The number of fused-ring (bicyclic) bond motifs is 1. The molecule has 1 N–H and O–H groups in total. The van der Waals surface area contributed by atoms with Gasteiger partial charge < -0.3 is 0 Å². The lowest BCUT2D eigenvalue weighted by molar-refractivity contribution is 0.332. The Hall–Kier alpha value is -2.93. The fourth-order valence-corrected chi connectivity index (χ4v) is 3.80. The Bertz CT molecular complexity index is 1020. The molecule has 2 aromatic carbocycles. The van der Waals surface area contributed by atoms with E-state index in [2.05, 4.69) is 78.4 Å². The molecular formula is C23H24N4. The summed E-state index contributed by atoms with van der Waals surface area (Å²) in [5.41, 5.74) is 6.35. The molecule has 0 unspecified atom stereocenters. The highest BCUT2D eigenvalue weighted by Crippen LogP contribution is 2.45. The molecule has 0 spiro atoms. The van der Waals surface area contributed by atoms with Crippen LogP contribution in [0.3, 0.4) is 0 Å². The molecule has 1 heterocycles. The molecule has 1 aliphatic rings. The highest BCUT2D eigenvalue weighted by molar-refractivity contribution is 5.56. The largest absolute Gasteiger partial charge is 0.239 e. The molecule has 4 nitrogen and oxygen atoms in total. The van der Waals surface area contributed by atoms with E-state index < -0.39 is 0 Å².